The number of ether oxygens (including phenoxy) is 2. The highest BCUT2D eigenvalue weighted by molar-refractivity contribution is 6.32. The van der Waals surface area contributed by atoms with E-state index in [1.807, 2.05) is 0 Å². The van der Waals surface area contributed by atoms with E-state index in [-0.39, 0.29) is 12.7 Å². The van der Waals surface area contributed by atoms with Gasteiger partial charge in [0.2, 0.25) is 6.79 Å². The van der Waals surface area contributed by atoms with Crippen molar-refractivity contribution in [3.63, 3.8) is 0 Å². The lowest BCUT2D eigenvalue weighted by Crippen LogP contribution is -2.14. The molecular weight excluding hydrogens is 332 g/mol. The highest BCUT2D eigenvalue weighted by Gasteiger charge is 2.21. The molecule has 0 fully saturated rings. The van der Waals surface area contributed by atoms with Gasteiger partial charge >= 0.3 is 0 Å². The summed E-state index contributed by atoms with van der Waals surface area (Å²) in [4.78, 5) is 16.8. The van der Waals surface area contributed by atoms with Crippen molar-refractivity contribution in [2.75, 3.05) is 12.1 Å². The zero-order valence-electron chi connectivity index (χ0n) is 12.3. The molecule has 2 aromatic heterocycles. The van der Waals surface area contributed by atoms with Crippen LogP contribution in [0.2, 0.25) is 5.02 Å². The van der Waals surface area contributed by atoms with Gasteiger partial charge in [0.1, 0.15) is 0 Å². The van der Waals surface area contributed by atoms with Crippen LogP contribution in [0, 0.1) is 0 Å². The summed E-state index contributed by atoms with van der Waals surface area (Å²) in [6.45, 7) is 0.0895. The van der Waals surface area contributed by atoms with Gasteiger partial charge < -0.3 is 14.8 Å². The van der Waals surface area contributed by atoms with E-state index in [1.165, 1.54) is 6.07 Å². The number of aromatic nitrogens is 3. The molecule has 1 aromatic carbocycles. The molecule has 8 heteroatoms. The molecule has 1 aliphatic heterocycles. The number of nitrogens with one attached hydrogen (secondary N) is 1. The SMILES string of the molecule is O=C(Nc1cccnc1-n1cccn1)c1cc(Cl)c2c(c1)OCO2. The largest absolute Gasteiger partial charge is 0.454 e. The minimum Gasteiger partial charge on any atom is -0.454 e. The molecular formula is C16H11ClN4O3. The van der Waals surface area contributed by atoms with Gasteiger partial charge in [-0.05, 0) is 30.3 Å². The summed E-state index contributed by atoms with van der Waals surface area (Å²) >= 11 is 6.12. The maximum absolute atomic E-state index is 12.6. The number of carbonyl (C=O) groups excluding carboxylic acids is 1. The summed E-state index contributed by atoms with van der Waals surface area (Å²) in [5.74, 6) is 1.08. The first-order chi connectivity index (χ1) is 11.7. The molecule has 24 heavy (non-hydrogen) atoms. The number of anilines is 1. The predicted octanol–water partition coefficient (Wildman–Crippen LogP) is 2.90. The molecule has 7 nitrogen and oxygen atoms in total. The molecule has 0 spiro atoms. The molecule has 120 valence electrons. The van der Waals surface area contributed by atoms with Crippen LogP contribution in [0.1, 0.15) is 10.4 Å². The third-order valence-electron chi connectivity index (χ3n) is 3.45. The summed E-state index contributed by atoms with van der Waals surface area (Å²) in [6, 6.07) is 8.38. The van der Waals surface area contributed by atoms with Crippen molar-refractivity contribution in [2.45, 2.75) is 0 Å². The lowest BCUT2D eigenvalue weighted by Gasteiger charge is -2.10. The Labute approximate surface area is 141 Å². The standard InChI is InChI=1S/C16H11ClN4O3/c17-11-7-10(8-13-14(11)24-9-23-13)16(22)20-12-3-1-4-18-15(12)21-6-2-5-19-21/h1-8H,9H2,(H,20,22). The highest BCUT2D eigenvalue weighted by Crippen LogP contribution is 2.39. The summed E-state index contributed by atoms with van der Waals surface area (Å²) < 4.78 is 12.1. The van der Waals surface area contributed by atoms with Crippen molar-refractivity contribution in [1.82, 2.24) is 14.8 Å². The van der Waals surface area contributed by atoms with E-state index in [1.54, 1.807) is 47.5 Å². The van der Waals surface area contributed by atoms with Gasteiger partial charge in [-0.1, -0.05) is 11.6 Å². The summed E-state index contributed by atoms with van der Waals surface area (Å²) in [5, 5.41) is 7.28. The number of halogens is 1. The molecule has 1 N–H and O–H groups in total. The van der Waals surface area contributed by atoms with Crippen LogP contribution >= 0.6 is 11.6 Å². The zero-order chi connectivity index (χ0) is 16.5. The molecule has 0 saturated carbocycles. The average Bonchev–Trinajstić information content (AvgIpc) is 3.27. The van der Waals surface area contributed by atoms with Gasteiger partial charge in [0, 0.05) is 24.2 Å². The normalized spacial score (nSPS) is 12.2. The number of hydrogen-bond acceptors (Lipinski definition) is 5. The molecule has 0 atom stereocenters. The van der Waals surface area contributed by atoms with Crippen LogP contribution in [0.4, 0.5) is 5.69 Å². The number of hydrogen-bond donors (Lipinski definition) is 1. The highest BCUT2D eigenvalue weighted by atomic mass is 35.5. The van der Waals surface area contributed by atoms with Crippen molar-refractivity contribution in [1.29, 1.82) is 0 Å². The third-order valence-corrected chi connectivity index (χ3v) is 3.73. The van der Waals surface area contributed by atoms with Gasteiger partial charge in [-0.15, -0.1) is 0 Å². The molecule has 0 bridgehead atoms. The molecule has 0 unspecified atom stereocenters. The lowest BCUT2D eigenvalue weighted by molar-refractivity contribution is 0.102. The number of amides is 1. The Kier molecular flexibility index (Phi) is 3.55. The van der Waals surface area contributed by atoms with Gasteiger partial charge in [0.15, 0.2) is 17.3 Å². The first kappa shape index (κ1) is 14.5. The molecule has 4 rings (SSSR count). The van der Waals surface area contributed by atoms with Crippen molar-refractivity contribution in [3.8, 4) is 17.3 Å². The maximum atomic E-state index is 12.6. The van der Waals surface area contributed by atoms with Crippen LogP contribution in [0.25, 0.3) is 5.82 Å². The van der Waals surface area contributed by atoms with Gasteiger partial charge in [-0.25, -0.2) is 9.67 Å². The topological polar surface area (TPSA) is 78.3 Å². The maximum Gasteiger partial charge on any atom is 0.255 e. The van der Waals surface area contributed by atoms with Crippen LogP contribution in [0.3, 0.4) is 0 Å². The Balaban J connectivity index is 1.65. The Hall–Kier alpha value is -3.06. The van der Waals surface area contributed by atoms with E-state index in [0.29, 0.717) is 33.6 Å². The number of carbonyl (C=O) groups is 1. The second kappa shape index (κ2) is 5.86. The van der Waals surface area contributed by atoms with E-state index in [2.05, 4.69) is 15.4 Å². The molecule has 0 saturated heterocycles. The van der Waals surface area contributed by atoms with Crippen molar-refractivity contribution in [2.24, 2.45) is 0 Å². The van der Waals surface area contributed by atoms with Crippen molar-refractivity contribution < 1.29 is 14.3 Å². The average molecular weight is 343 g/mol. The monoisotopic (exact) mass is 342 g/mol. The van der Waals surface area contributed by atoms with E-state index in [9.17, 15) is 4.79 Å². The lowest BCUT2D eigenvalue weighted by atomic mass is 10.2. The van der Waals surface area contributed by atoms with E-state index >= 15 is 0 Å². The van der Waals surface area contributed by atoms with Crippen LogP contribution < -0.4 is 14.8 Å². The van der Waals surface area contributed by atoms with Gasteiger partial charge in [-0.2, -0.15) is 5.10 Å². The van der Waals surface area contributed by atoms with Gasteiger partial charge in [0.05, 0.1) is 10.7 Å². The Morgan fingerprint density at radius 2 is 2.17 bits per heavy atom. The number of rotatable bonds is 3. The molecule has 3 heterocycles. The van der Waals surface area contributed by atoms with Crippen LogP contribution in [0.15, 0.2) is 48.9 Å². The van der Waals surface area contributed by atoms with Crippen LogP contribution in [0.5, 0.6) is 11.5 Å². The summed E-state index contributed by atoms with van der Waals surface area (Å²) in [7, 11) is 0. The molecule has 0 radical (unpaired) electrons. The smallest absolute Gasteiger partial charge is 0.255 e. The fourth-order valence-corrected chi connectivity index (χ4v) is 2.63. The minimum absolute atomic E-state index is 0.0895. The number of benzene rings is 1. The van der Waals surface area contributed by atoms with Crippen LogP contribution in [-0.2, 0) is 0 Å². The fourth-order valence-electron chi connectivity index (χ4n) is 2.36. The second-order valence-electron chi connectivity index (χ2n) is 4.97. The number of nitrogens with zero attached hydrogens (tertiary/aromatic N) is 3. The Morgan fingerprint density at radius 1 is 1.25 bits per heavy atom. The van der Waals surface area contributed by atoms with E-state index in [0.717, 1.165) is 0 Å². The summed E-state index contributed by atoms with van der Waals surface area (Å²) in [5.41, 5.74) is 0.888. The molecule has 1 aliphatic rings. The zero-order valence-corrected chi connectivity index (χ0v) is 13.0. The quantitative estimate of drug-likeness (QED) is 0.791. The van der Waals surface area contributed by atoms with Gasteiger partial charge in [0.25, 0.3) is 5.91 Å². The van der Waals surface area contributed by atoms with Crippen molar-refractivity contribution in [3.05, 3.63) is 59.5 Å². The van der Waals surface area contributed by atoms with Crippen molar-refractivity contribution >= 4 is 23.2 Å². The third kappa shape index (κ3) is 2.55. The first-order valence-corrected chi connectivity index (χ1v) is 7.46. The van der Waals surface area contributed by atoms with E-state index in [4.69, 9.17) is 21.1 Å². The molecule has 3 aromatic rings. The predicted molar refractivity (Wildman–Crippen MR) is 86.9 cm³/mol. The van der Waals surface area contributed by atoms with Gasteiger partial charge in [-0.3, -0.25) is 4.79 Å². The van der Waals surface area contributed by atoms with Crippen LogP contribution in [-0.4, -0.2) is 27.5 Å². The molecule has 1 amide bonds. The second-order valence-corrected chi connectivity index (χ2v) is 5.38. The molecule has 0 aliphatic carbocycles. The summed E-state index contributed by atoms with van der Waals surface area (Å²) in [6.07, 6.45) is 5.01. The Bertz CT molecular complexity index is 912. The Morgan fingerprint density at radius 3 is 3.00 bits per heavy atom. The number of pyridine rings is 1. The van der Waals surface area contributed by atoms with E-state index < -0.39 is 0 Å². The number of fused-ring (bicyclic) bond motifs is 1. The minimum atomic E-state index is -0.336. The fraction of sp³-hybridized carbons (Fsp3) is 0.0625. The first-order valence-electron chi connectivity index (χ1n) is 7.08.